The molecule has 3 heteroatoms. The Morgan fingerprint density at radius 1 is 0.379 bits per heavy atom. The summed E-state index contributed by atoms with van der Waals surface area (Å²) >= 11 is 0. The van der Waals surface area contributed by atoms with Gasteiger partial charge in [-0.15, -0.1) is 0 Å². The van der Waals surface area contributed by atoms with E-state index in [1.54, 1.807) is 0 Å². The first-order valence-corrected chi connectivity index (χ1v) is 15.8. The molecular formula is C26H56O2Si. The van der Waals surface area contributed by atoms with E-state index in [1.807, 2.05) is 0 Å². The number of unbranched alkanes of at least 4 members (excludes halogenated alkanes) is 16. The van der Waals surface area contributed by atoms with Crippen LogP contribution in [0.3, 0.4) is 0 Å². The van der Waals surface area contributed by atoms with Gasteiger partial charge in [-0.3, -0.25) is 0 Å². The molecule has 0 aromatic rings. The maximum absolute atomic E-state index is 6.32. The Bertz CT molecular complexity index is 303. The van der Waals surface area contributed by atoms with Crippen molar-refractivity contribution in [2.24, 2.45) is 0 Å². The standard InChI is InChI=1S/C26H56O2Si/c1-5-9-11-13-15-16-17-18-20-22-24-26-29(27-7-3,28-8-4)25-23-21-19-14-12-10-6-2/h5-26H2,1-4H3. The Morgan fingerprint density at radius 2 is 0.655 bits per heavy atom. The summed E-state index contributed by atoms with van der Waals surface area (Å²) in [6, 6.07) is 2.42. The van der Waals surface area contributed by atoms with Crippen molar-refractivity contribution < 1.29 is 8.85 Å². The van der Waals surface area contributed by atoms with E-state index in [4.69, 9.17) is 8.85 Å². The van der Waals surface area contributed by atoms with Crippen LogP contribution in [0.15, 0.2) is 0 Å². The maximum Gasteiger partial charge on any atom is 0.338 e. The van der Waals surface area contributed by atoms with Crippen LogP contribution in [0.1, 0.15) is 143 Å². The minimum atomic E-state index is -1.96. The summed E-state index contributed by atoms with van der Waals surface area (Å²) in [5.41, 5.74) is 0. The average molecular weight is 429 g/mol. The number of rotatable bonds is 24. The summed E-state index contributed by atoms with van der Waals surface area (Å²) in [6.45, 7) is 10.5. The Morgan fingerprint density at radius 3 is 0.931 bits per heavy atom. The van der Waals surface area contributed by atoms with Gasteiger partial charge in [0.1, 0.15) is 0 Å². The van der Waals surface area contributed by atoms with Gasteiger partial charge in [0.15, 0.2) is 0 Å². The predicted molar refractivity (Wildman–Crippen MR) is 133 cm³/mol. The van der Waals surface area contributed by atoms with Crippen molar-refractivity contribution in [3.63, 3.8) is 0 Å². The fourth-order valence-corrected chi connectivity index (χ4v) is 7.93. The Balaban J connectivity index is 3.92. The van der Waals surface area contributed by atoms with E-state index in [9.17, 15) is 0 Å². The highest BCUT2D eigenvalue weighted by molar-refractivity contribution is 6.67. The molecule has 29 heavy (non-hydrogen) atoms. The van der Waals surface area contributed by atoms with Gasteiger partial charge in [-0.25, -0.2) is 0 Å². The van der Waals surface area contributed by atoms with E-state index < -0.39 is 8.56 Å². The summed E-state index contributed by atoms with van der Waals surface area (Å²) in [5, 5.41) is 0. The topological polar surface area (TPSA) is 18.5 Å². The zero-order valence-electron chi connectivity index (χ0n) is 20.9. The molecule has 0 radical (unpaired) electrons. The van der Waals surface area contributed by atoms with Crippen LogP contribution in [0, 0.1) is 0 Å². The van der Waals surface area contributed by atoms with Gasteiger partial charge in [0.2, 0.25) is 0 Å². The first kappa shape index (κ1) is 29.1. The molecule has 0 fully saturated rings. The van der Waals surface area contributed by atoms with E-state index in [-0.39, 0.29) is 0 Å². The molecule has 0 aromatic carbocycles. The second kappa shape index (κ2) is 22.8. The zero-order chi connectivity index (χ0) is 21.5. The molecule has 0 amide bonds. The lowest BCUT2D eigenvalue weighted by Crippen LogP contribution is -2.42. The maximum atomic E-state index is 6.32. The molecule has 0 unspecified atom stereocenters. The highest BCUT2D eigenvalue weighted by atomic mass is 28.4. The highest BCUT2D eigenvalue weighted by Crippen LogP contribution is 2.26. The van der Waals surface area contributed by atoms with Crippen molar-refractivity contribution in [2.75, 3.05) is 13.2 Å². The van der Waals surface area contributed by atoms with Crippen molar-refractivity contribution >= 4 is 8.56 Å². The summed E-state index contributed by atoms with van der Waals surface area (Å²) in [5.74, 6) is 0. The molecular weight excluding hydrogens is 372 g/mol. The summed E-state index contributed by atoms with van der Waals surface area (Å²) in [7, 11) is -1.96. The summed E-state index contributed by atoms with van der Waals surface area (Å²) in [4.78, 5) is 0. The molecule has 0 saturated carbocycles. The van der Waals surface area contributed by atoms with Crippen molar-refractivity contribution in [3.8, 4) is 0 Å². The molecule has 0 atom stereocenters. The lowest BCUT2D eigenvalue weighted by molar-refractivity contribution is 0.180. The van der Waals surface area contributed by atoms with Gasteiger partial charge in [-0.2, -0.15) is 0 Å². The molecule has 0 bridgehead atoms. The second-order valence-corrected chi connectivity index (χ2v) is 12.3. The molecule has 0 aliphatic carbocycles. The molecule has 176 valence electrons. The van der Waals surface area contributed by atoms with Crippen LogP contribution >= 0.6 is 0 Å². The van der Waals surface area contributed by atoms with Crippen LogP contribution in [0.4, 0.5) is 0 Å². The van der Waals surface area contributed by atoms with Gasteiger partial charge < -0.3 is 8.85 Å². The predicted octanol–water partition coefficient (Wildman–Crippen LogP) is 9.56. The fraction of sp³-hybridized carbons (Fsp3) is 1.00. The molecule has 0 heterocycles. The van der Waals surface area contributed by atoms with Gasteiger partial charge in [-0.1, -0.05) is 129 Å². The van der Waals surface area contributed by atoms with Gasteiger partial charge in [0.05, 0.1) is 0 Å². The summed E-state index contributed by atoms with van der Waals surface area (Å²) < 4.78 is 12.6. The SMILES string of the molecule is CCCCCCCCCCCCC[Si](CCCCCCCCC)(OCC)OCC. The molecule has 0 aromatic heterocycles. The summed E-state index contributed by atoms with van der Waals surface area (Å²) in [6.07, 6.45) is 25.1. The Kier molecular flexibility index (Phi) is 22.9. The van der Waals surface area contributed by atoms with Gasteiger partial charge in [0.25, 0.3) is 0 Å². The molecule has 0 rings (SSSR count). The fourth-order valence-electron chi connectivity index (χ4n) is 4.39. The van der Waals surface area contributed by atoms with Gasteiger partial charge in [0, 0.05) is 13.2 Å². The van der Waals surface area contributed by atoms with Gasteiger partial charge >= 0.3 is 8.56 Å². The van der Waals surface area contributed by atoms with Crippen LogP contribution < -0.4 is 0 Å². The minimum Gasteiger partial charge on any atom is -0.394 e. The molecule has 0 aliphatic rings. The number of hydrogen-bond donors (Lipinski definition) is 0. The first-order chi connectivity index (χ1) is 14.2. The van der Waals surface area contributed by atoms with E-state index in [0.29, 0.717) is 0 Å². The monoisotopic (exact) mass is 428 g/mol. The van der Waals surface area contributed by atoms with Crippen LogP contribution in [-0.2, 0) is 8.85 Å². The zero-order valence-corrected chi connectivity index (χ0v) is 21.9. The third kappa shape index (κ3) is 18.6. The first-order valence-electron chi connectivity index (χ1n) is 13.5. The smallest absolute Gasteiger partial charge is 0.338 e. The van der Waals surface area contributed by atoms with Crippen LogP contribution in [0.5, 0.6) is 0 Å². The largest absolute Gasteiger partial charge is 0.394 e. The molecule has 0 aliphatic heterocycles. The van der Waals surface area contributed by atoms with Crippen LogP contribution in [-0.4, -0.2) is 21.8 Å². The quantitative estimate of drug-likeness (QED) is 0.112. The van der Waals surface area contributed by atoms with Crippen molar-refractivity contribution in [3.05, 3.63) is 0 Å². The molecule has 0 saturated heterocycles. The normalized spacial score (nSPS) is 12.0. The molecule has 0 spiro atoms. The Hall–Kier alpha value is 0.137. The lowest BCUT2D eigenvalue weighted by atomic mass is 10.1. The number of hydrogen-bond acceptors (Lipinski definition) is 2. The van der Waals surface area contributed by atoms with E-state index in [2.05, 4.69) is 27.7 Å². The van der Waals surface area contributed by atoms with Crippen molar-refractivity contribution in [1.29, 1.82) is 0 Å². The van der Waals surface area contributed by atoms with Crippen LogP contribution in [0.2, 0.25) is 12.1 Å². The second-order valence-electron chi connectivity index (χ2n) is 8.93. The average Bonchev–Trinajstić information content (AvgIpc) is 2.72. The molecule has 0 N–H and O–H groups in total. The molecule has 2 nitrogen and oxygen atoms in total. The van der Waals surface area contributed by atoms with E-state index in [0.717, 1.165) is 13.2 Å². The van der Waals surface area contributed by atoms with E-state index in [1.165, 1.54) is 128 Å². The van der Waals surface area contributed by atoms with Crippen molar-refractivity contribution in [1.82, 2.24) is 0 Å². The van der Waals surface area contributed by atoms with Crippen LogP contribution in [0.25, 0.3) is 0 Å². The van der Waals surface area contributed by atoms with E-state index >= 15 is 0 Å². The Labute approximate surface area is 186 Å². The van der Waals surface area contributed by atoms with Gasteiger partial charge in [-0.05, 0) is 25.9 Å². The third-order valence-electron chi connectivity index (χ3n) is 6.14. The minimum absolute atomic E-state index is 0.820. The highest BCUT2D eigenvalue weighted by Gasteiger charge is 2.35. The lowest BCUT2D eigenvalue weighted by Gasteiger charge is -2.30. The third-order valence-corrected chi connectivity index (χ3v) is 10.00. The van der Waals surface area contributed by atoms with Crippen molar-refractivity contribution in [2.45, 2.75) is 155 Å².